The molecule has 0 aromatic heterocycles. The molecule has 0 aromatic rings. The van der Waals surface area contributed by atoms with E-state index in [0.717, 1.165) is 0 Å². The predicted octanol–water partition coefficient (Wildman–Crippen LogP) is -1.98. The Bertz CT molecular complexity index is 333. The summed E-state index contributed by atoms with van der Waals surface area (Å²) in [6.45, 7) is 0.352. The molecule has 0 amide bonds. The Morgan fingerprint density at radius 1 is 1.10 bits per heavy atom. The van der Waals surface area contributed by atoms with Gasteiger partial charge in [-0.15, -0.1) is 0 Å². The van der Waals surface area contributed by atoms with Crippen LogP contribution in [-0.4, -0.2) is 82.3 Å². The van der Waals surface area contributed by atoms with Crippen molar-refractivity contribution in [3.8, 4) is 0 Å². The third-order valence-electron chi connectivity index (χ3n) is 2.94. The van der Waals surface area contributed by atoms with Gasteiger partial charge in [-0.05, 0) is 6.42 Å². The summed E-state index contributed by atoms with van der Waals surface area (Å²) in [6.07, 6.45) is -7.30. The van der Waals surface area contributed by atoms with E-state index in [2.05, 4.69) is 0 Å². The molecule has 0 saturated carbocycles. The van der Waals surface area contributed by atoms with Crippen LogP contribution in [0.1, 0.15) is 6.42 Å². The SMILES string of the molecule is COCCOC1OC(CCP(=O)(O)O)C(O)C(O)C1O. The fourth-order valence-electron chi connectivity index (χ4n) is 1.84. The molecule has 5 unspecified atom stereocenters. The van der Waals surface area contributed by atoms with Crippen molar-refractivity contribution >= 4 is 7.60 Å². The molecule has 0 bridgehead atoms. The van der Waals surface area contributed by atoms with Crippen LogP contribution in [0.3, 0.4) is 0 Å². The lowest BCUT2D eigenvalue weighted by Gasteiger charge is -2.40. The van der Waals surface area contributed by atoms with Crippen LogP contribution in [0.2, 0.25) is 0 Å². The molecule has 5 atom stereocenters. The summed E-state index contributed by atoms with van der Waals surface area (Å²) in [5.74, 6) is 0. The second-order valence-electron chi connectivity index (χ2n) is 4.56. The Hall–Kier alpha value is -0.0900. The Morgan fingerprint density at radius 2 is 1.75 bits per heavy atom. The van der Waals surface area contributed by atoms with Crippen molar-refractivity contribution in [1.82, 2.24) is 0 Å². The van der Waals surface area contributed by atoms with Gasteiger partial charge in [0.2, 0.25) is 0 Å². The molecule has 20 heavy (non-hydrogen) atoms. The van der Waals surface area contributed by atoms with Crippen molar-refractivity contribution in [3.05, 3.63) is 0 Å². The van der Waals surface area contributed by atoms with Gasteiger partial charge in [-0.25, -0.2) is 0 Å². The van der Waals surface area contributed by atoms with Crippen LogP contribution < -0.4 is 0 Å². The standard InChI is InChI=1S/C10H21O9P/c1-17-3-4-18-10-9(13)8(12)7(11)6(19-10)2-5-20(14,15)16/h6-13H,2-5H2,1H3,(H2,14,15,16). The van der Waals surface area contributed by atoms with Crippen LogP contribution in [0.25, 0.3) is 0 Å². The maximum Gasteiger partial charge on any atom is 0.325 e. The number of hydrogen-bond donors (Lipinski definition) is 5. The first kappa shape index (κ1) is 18.0. The van der Waals surface area contributed by atoms with Gasteiger partial charge in [-0.3, -0.25) is 4.57 Å². The number of aliphatic hydroxyl groups excluding tert-OH is 3. The molecule has 1 heterocycles. The number of rotatable bonds is 7. The van der Waals surface area contributed by atoms with Crippen molar-refractivity contribution in [1.29, 1.82) is 0 Å². The van der Waals surface area contributed by atoms with Crippen LogP contribution in [0.4, 0.5) is 0 Å². The number of hydrogen-bond acceptors (Lipinski definition) is 7. The average molecular weight is 316 g/mol. The lowest BCUT2D eigenvalue weighted by atomic mass is 9.97. The monoisotopic (exact) mass is 316 g/mol. The van der Waals surface area contributed by atoms with Crippen molar-refractivity contribution in [3.63, 3.8) is 0 Å². The molecule has 1 aliphatic rings. The maximum absolute atomic E-state index is 10.8. The molecule has 120 valence electrons. The Kier molecular flexibility index (Phi) is 6.99. The highest BCUT2D eigenvalue weighted by molar-refractivity contribution is 7.51. The minimum atomic E-state index is -4.24. The summed E-state index contributed by atoms with van der Waals surface area (Å²) in [6, 6.07) is 0. The summed E-state index contributed by atoms with van der Waals surface area (Å²) in [4.78, 5) is 17.6. The molecule has 5 N–H and O–H groups in total. The highest BCUT2D eigenvalue weighted by Gasteiger charge is 2.44. The Balaban J connectivity index is 2.58. The molecule has 0 aromatic carbocycles. The first-order valence-corrected chi connectivity index (χ1v) is 7.91. The van der Waals surface area contributed by atoms with E-state index in [1.54, 1.807) is 0 Å². The highest BCUT2D eigenvalue weighted by atomic mass is 31.2. The Labute approximate surface area is 116 Å². The van der Waals surface area contributed by atoms with E-state index in [-0.39, 0.29) is 19.6 Å². The second-order valence-corrected chi connectivity index (χ2v) is 6.33. The minimum Gasteiger partial charge on any atom is -0.388 e. The molecule has 1 aliphatic heterocycles. The molecule has 0 aliphatic carbocycles. The molecule has 0 spiro atoms. The Morgan fingerprint density at radius 3 is 2.30 bits per heavy atom. The minimum absolute atomic E-state index is 0.103. The van der Waals surface area contributed by atoms with Crippen molar-refractivity contribution < 1.29 is 43.9 Å². The van der Waals surface area contributed by atoms with Crippen molar-refractivity contribution in [2.45, 2.75) is 37.1 Å². The average Bonchev–Trinajstić information content (AvgIpc) is 2.36. The number of methoxy groups -OCH3 is 1. The first-order valence-electron chi connectivity index (χ1n) is 6.11. The lowest BCUT2D eigenvalue weighted by Crippen LogP contribution is -2.58. The summed E-state index contributed by atoms with van der Waals surface area (Å²) in [5, 5.41) is 29.1. The molecule has 1 saturated heterocycles. The maximum atomic E-state index is 10.8. The zero-order chi connectivity index (χ0) is 15.3. The normalized spacial score (nSPS) is 35.2. The zero-order valence-corrected chi connectivity index (χ0v) is 11.9. The van der Waals surface area contributed by atoms with Crippen molar-refractivity contribution in [2.75, 3.05) is 26.5 Å². The molecule has 10 heteroatoms. The third-order valence-corrected chi connectivity index (χ3v) is 3.78. The van der Waals surface area contributed by atoms with Gasteiger partial charge < -0.3 is 39.3 Å². The predicted molar refractivity (Wildman–Crippen MR) is 66.0 cm³/mol. The molecule has 9 nitrogen and oxygen atoms in total. The van der Waals surface area contributed by atoms with E-state index in [1.807, 2.05) is 0 Å². The lowest BCUT2D eigenvalue weighted by molar-refractivity contribution is -0.298. The fraction of sp³-hybridized carbons (Fsp3) is 1.00. The highest BCUT2D eigenvalue weighted by Crippen LogP contribution is 2.37. The van der Waals surface area contributed by atoms with Crippen LogP contribution in [0.15, 0.2) is 0 Å². The van der Waals surface area contributed by atoms with Crippen LogP contribution in [0, 0.1) is 0 Å². The second kappa shape index (κ2) is 7.79. The largest absolute Gasteiger partial charge is 0.388 e. The first-order chi connectivity index (χ1) is 9.26. The quantitative estimate of drug-likeness (QED) is 0.266. The van der Waals surface area contributed by atoms with Crippen LogP contribution >= 0.6 is 7.60 Å². The van der Waals surface area contributed by atoms with Gasteiger partial charge in [0.25, 0.3) is 0 Å². The zero-order valence-electron chi connectivity index (χ0n) is 11.0. The molecular weight excluding hydrogens is 295 g/mol. The van der Waals surface area contributed by atoms with E-state index >= 15 is 0 Å². The molecule has 1 rings (SSSR count). The van der Waals surface area contributed by atoms with E-state index in [1.165, 1.54) is 7.11 Å². The molecule has 0 radical (unpaired) electrons. The summed E-state index contributed by atoms with van der Waals surface area (Å²) in [7, 11) is -2.77. The van der Waals surface area contributed by atoms with Gasteiger partial charge in [-0.1, -0.05) is 0 Å². The number of ether oxygens (including phenoxy) is 3. The topological polar surface area (TPSA) is 146 Å². The van der Waals surface area contributed by atoms with E-state index < -0.39 is 44.5 Å². The van der Waals surface area contributed by atoms with Gasteiger partial charge in [0.1, 0.15) is 18.3 Å². The van der Waals surface area contributed by atoms with Crippen LogP contribution in [0.5, 0.6) is 0 Å². The van der Waals surface area contributed by atoms with Gasteiger partial charge in [0, 0.05) is 7.11 Å². The fourth-order valence-corrected chi connectivity index (χ4v) is 2.43. The van der Waals surface area contributed by atoms with E-state index in [0.29, 0.717) is 0 Å². The van der Waals surface area contributed by atoms with E-state index in [4.69, 9.17) is 24.0 Å². The summed E-state index contributed by atoms with van der Waals surface area (Å²) in [5.41, 5.74) is 0. The van der Waals surface area contributed by atoms with Gasteiger partial charge >= 0.3 is 7.60 Å². The van der Waals surface area contributed by atoms with Crippen LogP contribution in [-0.2, 0) is 18.8 Å². The summed E-state index contributed by atoms with van der Waals surface area (Å²) >= 11 is 0. The smallest absolute Gasteiger partial charge is 0.325 e. The van der Waals surface area contributed by atoms with Crippen molar-refractivity contribution in [2.24, 2.45) is 0 Å². The number of aliphatic hydroxyl groups is 3. The molecular formula is C10H21O9P. The third kappa shape index (κ3) is 5.36. The van der Waals surface area contributed by atoms with Gasteiger partial charge in [0.15, 0.2) is 6.29 Å². The van der Waals surface area contributed by atoms with E-state index in [9.17, 15) is 19.9 Å². The molecule has 1 fully saturated rings. The van der Waals surface area contributed by atoms with Gasteiger partial charge in [0.05, 0.1) is 25.5 Å². The summed E-state index contributed by atoms with van der Waals surface area (Å²) < 4.78 is 26.0. The van der Waals surface area contributed by atoms with Gasteiger partial charge in [-0.2, -0.15) is 0 Å².